The minimum Gasteiger partial charge on any atom is -0.364 e. The second kappa shape index (κ2) is 3.70. The van der Waals surface area contributed by atoms with Gasteiger partial charge in [0.15, 0.2) is 0 Å². The zero-order valence-electron chi connectivity index (χ0n) is 7.38. The summed E-state index contributed by atoms with van der Waals surface area (Å²) in [4.78, 5) is 10.1. The summed E-state index contributed by atoms with van der Waals surface area (Å²) in [7, 11) is 0. The van der Waals surface area contributed by atoms with Crippen LogP contribution in [0.5, 0.6) is 0 Å². The molecule has 0 amide bonds. The van der Waals surface area contributed by atoms with Crippen LogP contribution in [0.25, 0.3) is 11.3 Å². The van der Waals surface area contributed by atoms with Crippen molar-refractivity contribution in [3.05, 3.63) is 45.7 Å². The molecule has 2 rings (SSSR count). The maximum absolute atomic E-state index is 10.6. The number of benzene rings is 1. The number of nitro groups is 1. The Labute approximate surface area is 89.4 Å². The van der Waals surface area contributed by atoms with Gasteiger partial charge in [0.25, 0.3) is 5.69 Å². The lowest BCUT2D eigenvalue weighted by molar-refractivity contribution is -0.384. The van der Waals surface area contributed by atoms with Crippen molar-refractivity contribution in [3.8, 4) is 11.3 Å². The third-order valence-electron chi connectivity index (χ3n) is 1.83. The number of halogens is 1. The summed E-state index contributed by atoms with van der Waals surface area (Å²) in [6.07, 6.45) is 1.39. The van der Waals surface area contributed by atoms with E-state index in [1.165, 1.54) is 18.4 Å². The van der Waals surface area contributed by atoms with E-state index in [1.54, 1.807) is 12.1 Å². The topological polar surface area (TPSA) is 69.2 Å². The van der Waals surface area contributed by atoms with E-state index >= 15 is 0 Å². The summed E-state index contributed by atoms with van der Waals surface area (Å²) in [5.41, 5.74) is 1.00. The summed E-state index contributed by atoms with van der Waals surface area (Å²) >= 11 is 5.75. The van der Waals surface area contributed by atoms with Crippen LogP contribution in [-0.2, 0) is 0 Å². The summed E-state index contributed by atoms with van der Waals surface area (Å²) in [6, 6.07) is 5.87. The van der Waals surface area contributed by atoms with Crippen molar-refractivity contribution >= 4 is 17.3 Å². The second-order valence-corrected chi connectivity index (χ2v) is 3.28. The summed E-state index contributed by atoms with van der Waals surface area (Å²) in [5.74, 6) is 0. The number of nitro benzene ring substituents is 1. The zero-order chi connectivity index (χ0) is 10.8. The van der Waals surface area contributed by atoms with Crippen LogP contribution in [0, 0.1) is 10.1 Å². The van der Waals surface area contributed by atoms with Gasteiger partial charge in [-0.2, -0.15) is 0 Å². The summed E-state index contributed by atoms with van der Waals surface area (Å²) in [6.45, 7) is 0. The van der Waals surface area contributed by atoms with Crippen LogP contribution in [0.2, 0.25) is 5.02 Å². The van der Waals surface area contributed by atoms with Gasteiger partial charge in [-0.25, -0.2) is 0 Å². The van der Waals surface area contributed by atoms with Gasteiger partial charge in [-0.3, -0.25) is 10.1 Å². The van der Waals surface area contributed by atoms with Crippen LogP contribution in [0.4, 0.5) is 5.69 Å². The molecular formula is C9H5ClN2O3. The van der Waals surface area contributed by atoms with E-state index in [0.29, 0.717) is 16.3 Å². The lowest BCUT2D eigenvalue weighted by Crippen LogP contribution is -1.88. The molecule has 15 heavy (non-hydrogen) atoms. The number of aromatic nitrogens is 1. The van der Waals surface area contributed by atoms with Crippen LogP contribution in [0.1, 0.15) is 0 Å². The number of hydrogen-bond donors (Lipinski definition) is 0. The molecule has 2 aromatic rings. The van der Waals surface area contributed by atoms with Gasteiger partial charge >= 0.3 is 0 Å². The van der Waals surface area contributed by atoms with Gasteiger partial charge in [-0.1, -0.05) is 16.8 Å². The lowest BCUT2D eigenvalue weighted by Gasteiger charge is -1.97. The molecule has 0 radical (unpaired) electrons. The number of non-ortho nitro benzene ring substituents is 1. The fourth-order valence-electron chi connectivity index (χ4n) is 1.19. The van der Waals surface area contributed by atoms with E-state index in [2.05, 4.69) is 9.68 Å². The van der Waals surface area contributed by atoms with Gasteiger partial charge in [0.05, 0.1) is 4.92 Å². The van der Waals surface area contributed by atoms with E-state index < -0.39 is 4.92 Å². The first-order chi connectivity index (χ1) is 7.16. The van der Waals surface area contributed by atoms with Crippen LogP contribution in [0.3, 0.4) is 0 Å². The molecule has 5 nitrogen and oxygen atoms in total. The first kappa shape index (κ1) is 9.67. The van der Waals surface area contributed by atoms with E-state index in [4.69, 9.17) is 11.6 Å². The van der Waals surface area contributed by atoms with E-state index in [0.717, 1.165) is 0 Å². The molecule has 0 aliphatic carbocycles. The van der Waals surface area contributed by atoms with Gasteiger partial charge in [-0.15, -0.1) is 0 Å². The van der Waals surface area contributed by atoms with Crippen molar-refractivity contribution in [3.63, 3.8) is 0 Å². The highest BCUT2D eigenvalue weighted by Crippen LogP contribution is 2.27. The number of nitrogens with zero attached hydrogens (tertiary/aromatic N) is 2. The SMILES string of the molecule is O=[N+]([O-])c1cc(Cl)cc(-c2ccon2)c1. The van der Waals surface area contributed by atoms with Gasteiger partial charge in [0.1, 0.15) is 12.0 Å². The minimum atomic E-state index is -0.505. The fourth-order valence-corrected chi connectivity index (χ4v) is 1.42. The Kier molecular flexibility index (Phi) is 2.39. The molecule has 6 heteroatoms. The van der Waals surface area contributed by atoms with Crippen molar-refractivity contribution < 1.29 is 9.45 Å². The molecule has 0 aliphatic heterocycles. The Bertz CT molecular complexity index is 496. The van der Waals surface area contributed by atoms with Gasteiger partial charge in [-0.05, 0) is 6.07 Å². The molecule has 0 spiro atoms. The Morgan fingerprint density at radius 2 is 2.20 bits per heavy atom. The highest BCUT2D eigenvalue weighted by Gasteiger charge is 2.11. The molecule has 1 aromatic carbocycles. The largest absolute Gasteiger partial charge is 0.364 e. The number of hydrogen-bond acceptors (Lipinski definition) is 4. The van der Waals surface area contributed by atoms with Crippen molar-refractivity contribution in [2.24, 2.45) is 0 Å². The zero-order valence-corrected chi connectivity index (χ0v) is 8.14. The summed E-state index contributed by atoms with van der Waals surface area (Å²) in [5, 5.41) is 14.5. The predicted octanol–water partition coefficient (Wildman–Crippen LogP) is 2.90. The maximum atomic E-state index is 10.6. The molecule has 0 saturated carbocycles. The molecule has 0 fully saturated rings. The molecule has 0 bridgehead atoms. The highest BCUT2D eigenvalue weighted by atomic mass is 35.5. The lowest BCUT2D eigenvalue weighted by atomic mass is 10.1. The smallest absolute Gasteiger partial charge is 0.271 e. The van der Waals surface area contributed by atoms with Crippen LogP contribution in [0.15, 0.2) is 35.1 Å². The second-order valence-electron chi connectivity index (χ2n) is 2.84. The normalized spacial score (nSPS) is 10.2. The Morgan fingerprint density at radius 1 is 1.40 bits per heavy atom. The third kappa shape index (κ3) is 1.97. The fraction of sp³-hybridized carbons (Fsp3) is 0. The average molecular weight is 225 g/mol. The van der Waals surface area contributed by atoms with Crippen molar-refractivity contribution in [1.29, 1.82) is 0 Å². The monoisotopic (exact) mass is 224 g/mol. The third-order valence-corrected chi connectivity index (χ3v) is 2.05. The first-order valence-corrected chi connectivity index (χ1v) is 4.40. The first-order valence-electron chi connectivity index (χ1n) is 4.02. The molecule has 0 N–H and O–H groups in total. The molecular weight excluding hydrogens is 220 g/mol. The average Bonchev–Trinajstić information content (AvgIpc) is 2.69. The van der Waals surface area contributed by atoms with Gasteiger partial charge in [0, 0.05) is 28.8 Å². The molecule has 0 unspecified atom stereocenters. The van der Waals surface area contributed by atoms with E-state index in [9.17, 15) is 10.1 Å². The Balaban J connectivity index is 2.54. The maximum Gasteiger partial charge on any atom is 0.271 e. The van der Waals surface area contributed by atoms with Gasteiger partial charge < -0.3 is 4.52 Å². The van der Waals surface area contributed by atoms with E-state index in [1.807, 2.05) is 0 Å². The number of rotatable bonds is 2. The predicted molar refractivity (Wildman–Crippen MR) is 53.6 cm³/mol. The van der Waals surface area contributed by atoms with E-state index in [-0.39, 0.29) is 5.69 Å². The van der Waals surface area contributed by atoms with Crippen LogP contribution >= 0.6 is 11.6 Å². The van der Waals surface area contributed by atoms with Gasteiger partial charge in [0.2, 0.25) is 0 Å². The quantitative estimate of drug-likeness (QED) is 0.581. The molecule has 1 heterocycles. The highest BCUT2D eigenvalue weighted by molar-refractivity contribution is 6.31. The standard InChI is InChI=1S/C9H5ClN2O3/c10-7-3-6(9-1-2-15-11-9)4-8(5-7)12(13)14/h1-5H. The van der Waals surface area contributed by atoms with Crippen LogP contribution < -0.4 is 0 Å². The molecule has 0 aliphatic rings. The van der Waals surface area contributed by atoms with Crippen LogP contribution in [-0.4, -0.2) is 10.1 Å². The van der Waals surface area contributed by atoms with Crippen molar-refractivity contribution in [2.45, 2.75) is 0 Å². The molecule has 76 valence electrons. The van der Waals surface area contributed by atoms with Crippen molar-refractivity contribution in [2.75, 3.05) is 0 Å². The Morgan fingerprint density at radius 3 is 2.80 bits per heavy atom. The molecule has 0 saturated heterocycles. The summed E-state index contributed by atoms with van der Waals surface area (Å²) < 4.78 is 4.65. The molecule has 1 aromatic heterocycles. The Hall–Kier alpha value is -1.88. The molecule has 0 atom stereocenters. The van der Waals surface area contributed by atoms with Crippen molar-refractivity contribution in [1.82, 2.24) is 5.16 Å². The minimum absolute atomic E-state index is 0.0690.